The number of nitrogens with one attached hydrogen (secondary N) is 1. The lowest BCUT2D eigenvalue weighted by Gasteiger charge is -2.33. The number of rotatable bonds is 3. The van der Waals surface area contributed by atoms with Gasteiger partial charge in [-0.25, -0.2) is 0 Å². The molecule has 108 valence electrons. The van der Waals surface area contributed by atoms with E-state index in [2.05, 4.69) is 5.32 Å². The van der Waals surface area contributed by atoms with Crippen molar-refractivity contribution < 1.29 is 14.3 Å². The Morgan fingerprint density at radius 2 is 2.20 bits per heavy atom. The Morgan fingerprint density at radius 3 is 2.90 bits per heavy atom. The first-order valence-electron chi connectivity index (χ1n) is 6.48. The summed E-state index contributed by atoms with van der Waals surface area (Å²) in [6.07, 6.45) is 0.252. The van der Waals surface area contributed by atoms with E-state index in [1.807, 2.05) is 6.92 Å². The summed E-state index contributed by atoms with van der Waals surface area (Å²) >= 11 is 5.98. The second-order valence-corrected chi connectivity index (χ2v) is 5.15. The van der Waals surface area contributed by atoms with Crippen molar-refractivity contribution in [1.29, 1.82) is 0 Å². The molecule has 0 aliphatic carbocycles. The van der Waals surface area contributed by atoms with Crippen LogP contribution in [0.25, 0.3) is 0 Å². The van der Waals surface area contributed by atoms with Gasteiger partial charge in [0, 0.05) is 24.9 Å². The van der Waals surface area contributed by atoms with Crippen LogP contribution in [-0.2, 0) is 9.59 Å². The third-order valence-corrected chi connectivity index (χ3v) is 3.36. The number of carbonyl (C=O) groups is 2. The smallest absolute Gasteiger partial charge is 0.227 e. The highest BCUT2D eigenvalue weighted by Gasteiger charge is 2.27. The Kier molecular flexibility index (Phi) is 4.49. The van der Waals surface area contributed by atoms with Gasteiger partial charge in [-0.05, 0) is 25.1 Å². The molecular weight excluding hydrogens is 280 g/mol. The summed E-state index contributed by atoms with van der Waals surface area (Å²) in [6, 6.07) is 5.19. The number of ether oxygens (including phenoxy) is 1. The minimum Gasteiger partial charge on any atom is -0.487 e. The highest BCUT2D eigenvalue weighted by Crippen LogP contribution is 2.36. The zero-order valence-corrected chi connectivity index (χ0v) is 12.2. The van der Waals surface area contributed by atoms with Crippen molar-refractivity contribution >= 4 is 29.1 Å². The molecular formula is C14H17ClN2O3. The highest BCUT2D eigenvalue weighted by atomic mass is 35.5. The number of fused-ring (bicyclic) bond motifs is 1. The number of carbonyl (C=O) groups excluding carboxylic acids is 2. The van der Waals surface area contributed by atoms with Crippen molar-refractivity contribution in [2.75, 3.05) is 18.5 Å². The minimum absolute atomic E-state index is 0.0902. The topological polar surface area (TPSA) is 58.6 Å². The predicted molar refractivity (Wildman–Crippen MR) is 77.2 cm³/mol. The average molecular weight is 297 g/mol. The highest BCUT2D eigenvalue weighted by molar-refractivity contribution is 6.31. The summed E-state index contributed by atoms with van der Waals surface area (Å²) in [7, 11) is 1.55. The Morgan fingerprint density at radius 1 is 1.45 bits per heavy atom. The third-order valence-electron chi connectivity index (χ3n) is 3.13. The summed E-state index contributed by atoms with van der Waals surface area (Å²) in [5.74, 6) is 0.389. The lowest BCUT2D eigenvalue weighted by atomic mass is 10.1. The van der Waals surface area contributed by atoms with Crippen LogP contribution >= 0.6 is 11.6 Å². The standard InChI is InChI=1S/C14H17ClN2O3/c1-9-8-17(14(19)6-5-13(18)16-2)11-7-10(15)3-4-12(11)20-9/h3-4,7,9H,5-6,8H2,1-2H3,(H,16,18). The van der Waals surface area contributed by atoms with Crippen LogP contribution in [0.15, 0.2) is 18.2 Å². The fraction of sp³-hybridized carbons (Fsp3) is 0.429. The third kappa shape index (κ3) is 3.22. The Hall–Kier alpha value is -1.75. The first kappa shape index (κ1) is 14.7. The molecule has 1 heterocycles. The van der Waals surface area contributed by atoms with Gasteiger partial charge in [0.05, 0.1) is 12.2 Å². The van der Waals surface area contributed by atoms with Crippen molar-refractivity contribution in [2.45, 2.75) is 25.9 Å². The SMILES string of the molecule is CNC(=O)CCC(=O)N1CC(C)Oc2ccc(Cl)cc21. The lowest BCUT2D eigenvalue weighted by molar-refractivity contribution is -0.125. The number of nitrogens with zero attached hydrogens (tertiary/aromatic N) is 1. The van der Waals surface area contributed by atoms with Crippen LogP contribution in [0.5, 0.6) is 5.75 Å². The second-order valence-electron chi connectivity index (χ2n) is 4.72. The molecule has 0 aromatic heterocycles. The maximum absolute atomic E-state index is 12.3. The van der Waals surface area contributed by atoms with Gasteiger partial charge in [-0.2, -0.15) is 0 Å². The number of halogens is 1. The summed E-state index contributed by atoms with van der Waals surface area (Å²) in [5.41, 5.74) is 0.664. The van der Waals surface area contributed by atoms with Crippen LogP contribution < -0.4 is 15.0 Å². The van der Waals surface area contributed by atoms with Crippen LogP contribution in [0.4, 0.5) is 5.69 Å². The van der Waals surface area contributed by atoms with Crippen molar-refractivity contribution in [3.8, 4) is 5.75 Å². The molecule has 1 unspecified atom stereocenters. The van der Waals surface area contributed by atoms with Crippen LogP contribution in [-0.4, -0.2) is 31.5 Å². The molecule has 2 amide bonds. The molecule has 5 nitrogen and oxygen atoms in total. The van der Waals surface area contributed by atoms with Gasteiger partial charge < -0.3 is 15.0 Å². The Labute approximate surface area is 122 Å². The maximum atomic E-state index is 12.3. The molecule has 2 rings (SSSR count). The van der Waals surface area contributed by atoms with Crippen molar-refractivity contribution in [3.05, 3.63) is 23.2 Å². The van der Waals surface area contributed by atoms with Crippen LogP contribution in [0, 0.1) is 0 Å². The molecule has 0 bridgehead atoms. The second kappa shape index (κ2) is 6.13. The predicted octanol–water partition coefficient (Wildman–Crippen LogP) is 1.98. The molecule has 0 saturated heterocycles. The molecule has 0 spiro atoms. The van der Waals surface area contributed by atoms with E-state index in [4.69, 9.17) is 16.3 Å². The van der Waals surface area contributed by atoms with Gasteiger partial charge in [0.2, 0.25) is 11.8 Å². The molecule has 6 heteroatoms. The number of anilines is 1. The van der Waals surface area contributed by atoms with E-state index in [1.165, 1.54) is 0 Å². The average Bonchev–Trinajstić information content (AvgIpc) is 2.43. The zero-order chi connectivity index (χ0) is 14.7. The molecule has 1 aliphatic heterocycles. The molecule has 1 aromatic carbocycles. The monoisotopic (exact) mass is 296 g/mol. The molecule has 1 aliphatic rings. The van der Waals surface area contributed by atoms with E-state index in [-0.39, 0.29) is 30.8 Å². The van der Waals surface area contributed by atoms with Gasteiger partial charge >= 0.3 is 0 Å². The molecule has 1 atom stereocenters. The van der Waals surface area contributed by atoms with Gasteiger partial charge in [0.1, 0.15) is 11.9 Å². The fourth-order valence-electron chi connectivity index (χ4n) is 2.13. The van der Waals surface area contributed by atoms with Crippen molar-refractivity contribution in [3.63, 3.8) is 0 Å². The van der Waals surface area contributed by atoms with E-state index in [0.717, 1.165) is 0 Å². The normalized spacial score (nSPS) is 17.1. The molecule has 0 radical (unpaired) electrons. The van der Waals surface area contributed by atoms with E-state index in [1.54, 1.807) is 30.1 Å². The zero-order valence-electron chi connectivity index (χ0n) is 11.5. The quantitative estimate of drug-likeness (QED) is 0.928. The summed E-state index contributed by atoms with van der Waals surface area (Å²) in [6.45, 7) is 2.36. The summed E-state index contributed by atoms with van der Waals surface area (Å²) in [5, 5.41) is 3.05. The van der Waals surface area contributed by atoms with Gasteiger partial charge in [0.15, 0.2) is 0 Å². The fourth-order valence-corrected chi connectivity index (χ4v) is 2.29. The number of hydrogen-bond acceptors (Lipinski definition) is 3. The molecule has 20 heavy (non-hydrogen) atoms. The van der Waals surface area contributed by atoms with Crippen LogP contribution in [0.2, 0.25) is 5.02 Å². The first-order chi connectivity index (χ1) is 9.51. The largest absolute Gasteiger partial charge is 0.487 e. The van der Waals surface area contributed by atoms with E-state index < -0.39 is 0 Å². The van der Waals surface area contributed by atoms with E-state index in [9.17, 15) is 9.59 Å². The lowest BCUT2D eigenvalue weighted by Crippen LogP contribution is -2.42. The summed E-state index contributed by atoms with van der Waals surface area (Å²) < 4.78 is 5.68. The molecule has 0 saturated carbocycles. The minimum atomic E-state index is -0.147. The summed E-state index contributed by atoms with van der Waals surface area (Å²) in [4.78, 5) is 25.2. The molecule has 1 aromatic rings. The maximum Gasteiger partial charge on any atom is 0.227 e. The van der Waals surface area contributed by atoms with Gasteiger partial charge in [-0.15, -0.1) is 0 Å². The van der Waals surface area contributed by atoms with Crippen molar-refractivity contribution in [2.24, 2.45) is 0 Å². The van der Waals surface area contributed by atoms with Gasteiger partial charge in [-0.3, -0.25) is 9.59 Å². The number of benzene rings is 1. The Balaban J connectivity index is 2.17. The van der Waals surface area contributed by atoms with Crippen LogP contribution in [0.3, 0.4) is 0 Å². The van der Waals surface area contributed by atoms with Gasteiger partial charge in [-0.1, -0.05) is 11.6 Å². The molecule has 1 N–H and O–H groups in total. The molecule has 0 fully saturated rings. The number of amides is 2. The van der Waals surface area contributed by atoms with Crippen LogP contribution in [0.1, 0.15) is 19.8 Å². The number of hydrogen-bond donors (Lipinski definition) is 1. The first-order valence-corrected chi connectivity index (χ1v) is 6.86. The van der Waals surface area contributed by atoms with E-state index in [0.29, 0.717) is 23.0 Å². The van der Waals surface area contributed by atoms with E-state index >= 15 is 0 Å². The van der Waals surface area contributed by atoms with Crippen molar-refractivity contribution in [1.82, 2.24) is 5.32 Å². The Bertz CT molecular complexity index is 533. The van der Waals surface area contributed by atoms with Gasteiger partial charge in [0.25, 0.3) is 0 Å².